The van der Waals surface area contributed by atoms with Gasteiger partial charge >= 0.3 is 0 Å². The van der Waals surface area contributed by atoms with E-state index in [-0.39, 0.29) is 0 Å². The van der Waals surface area contributed by atoms with Crippen LogP contribution in [0, 0.1) is 6.92 Å². The van der Waals surface area contributed by atoms with Crippen LogP contribution in [0.2, 0.25) is 0 Å². The lowest BCUT2D eigenvalue weighted by Gasteiger charge is -2.31. The molecule has 0 bridgehead atoms. The molecule has 4 nitrogen and oxygen atoms in total. The molecule has 1 aliphatic rings. The Hall–Kier alpha value is -1.88. The lowest BCUT2D eigenvalue weighted by atomic mass is 10.0. The van der Waals surface area contributed by atoms with E-state index in [9.17, 15) is 0 Å². The van der Waals surface area contributed by atoms with Gasteiger partial charge in [0.05, 0.1) is 6.54 Å². The monoisotopic (exact) mass is 314 g/mol. The topological polar surface area (TPSA) is 40.5 Å². The minimum absolute atomic E-state index is 0.652. The van der Waals surface area contributed by atoms with Gasteiger partial charge in [-0.15, -0.1) is 11.3 Å². The first-order chi connectivity index (χ1) is 10.8. The average Bonchev–Trinajstić information content (AvgIpc) is 2.96. The van der Waals surface area contributed by atoms with Gasteiger partial charge in [-0.25, -0.2) is 9.98 Å². The fraction of sp³-hybridized carbons (Fsp3) is 0.412. The summed E-state index contributed by atoms with van der Waals surface area (Å²) in [5, 5.41) is 4.49. The van der Waals surface area contributed by atoms with Crippen molar-refractivity contribution < 1.29 is 0 Å². The maximum absolute atomic E-state index is 4.77. The van der Waals surface area contributed by atoms with E-state index in [2.05, 4.69) is 53.3 Å². The Morgan fingerprint density at radius 2 is 2.18 bits per heavy atom. The summed E-state index contributed by atoms with van der Waals surface area (Å²) in [6.07, 6.45) is 3.00. The smallest absolute Gasteiger partial charge is 0.194 e. The first-order valence-corrected chi connectivity index (χ1v) is 8.59. The molecule has 2 heterocycles. The second-order valence-electron chi connectivity index (χ2n) is 5.48. The van der Waals surface area contributed by atoms with Crippen LogP contribution in [0.3, 0.4) is 0 Å². The third kappa shape index (κ3) is 3.47. The molecule has 3 rings (SSSR count). The van der Waals surface area contributed by atoms with E-state index < -0.39 is 0 Å². The van der Waals surface area contributed by atoms with E-state index >= 15 is 0 Å². The zero-order valence-electron chi connectivity index (χ0n) is 13.2. The van der Waals surface area contributed by atoms with Crippen molar-refractivity contribution in [3.05, 3.63) is 51.5 Å². The van der Waals surface area contributed by atoms with Crippen LogP contribution in [0.15, 0.2) is 35.5 Å². The maximum atomic E-state index is 4.77. The molecule has 1 N–H and O–H groups in total. The number of benzene rings is 1. The Labute approximate surface area is 135 Å². The summed E-state index contributed by atoms with van der Waals surface area (Å²) in [6, 6.07) is 8.69. The molecule has 5 heteroatoms. The summed E-state index contributed by atoms with van der Waals surface area (Å²) in [6.45, 7) is 7.67. The molecule has 0 spiro atoms. The molecule has 116 valence electrons. The zero-order chi connectivity index (χ0) is 15.4. The van der Waals surface area contributed by atoms with Gasteiger partial charge in [-0.1, -0.05) is 24.3 Å². The third-order valence-electron chi connectivity index (χ3n) is 3.80. The number of aliphatic imine (C=N–C) groups is 1. The van der Waals surface area contributed by atoms with E-state index in [1.165, 1.54) is 16.0 Å². The number of guanidine groups is 1. The number of aryl methyl sites for hydroxylation is 1. The molecule has 1 aliphatic heterocycles. The quantitative estimate of drug-likeness (QED) is 0.699. The van der Waals surface area contributed by atoms with Gasteiger partial charge in [-0.05, 0) is 31.4 Å². The minimum atomic E-state index is 0.652. The van der Waals surface area contributed by atoms with Crippen molar-refractivity contribution >= 4 is 17.3 Å². The van der Waals surface area contributed by atoms with Crippen LogP contribution in [0.4, 0.5) is 0 Å². The third-order valence-corrected chi connectivity index (χ3v) is 4.70. The Morgan fingerprint density at radius 1 is 1.36 bits per heavy atom. The predicted molar refractivity (Wildman–Crippen MR) is 92.2 cm³/mol. The van der Waals surface area contributed by atoms with Crippen LogP contribution in [0.25, 0.3) is 0 Å². The van der Waals surface area contributed by atoms with E-state index in [0.29, 0.717) is 6.54 Å². The summed E-state index contributed by atoms with van der Waals surface area (Å²) in [5.41, 5.74) is 2.87. The molecule has 1 aromatic carbocycles. The summed E-state index contributed by atoms with van der Waals surface area (Å²) < 4.78 is 0. The van der Waals surface area contributed by atoms with Gasteiger partial charge in [0.15, 0.2) is 5.96 Å². The van der Waals surface area contributed by atoms with Crippen molar-refractivity contribution in [2.75, 3.05) is 13.1 Å². The maximum Gasteiger partial charge on any atom is 0.194 e. The molecule has 0 saturated carbocycles. The van der Waals surface area contributed by atoms with E-state index in [1.54, 1.807) is 11.3 Å². The molecule has 0 fully saturated rings. The number of hydrogen-bond donors (Lipinski definition) is 1. The lowest BCUT2D eigenvalue weighted by Crippen LogP contribution is -2.44. The molecule has 2 aromatic rings. The highest BCUT2D eigenvalue weighted by Gasteiger charge is 2.18. The van der Waals surface area contributed by atoms with Gasteiger partial charge in [0.2, 0.25) is 0 Å². The number of nitrogens with one attached hydrogen (secondary N) is 1. The number of hydrogen-bond acceptors (Lipinski definition) is 3. The van der Waals surface area contributed by atoms with Crippen molar-refractivity contribution in [1.29, 1.82) is 0 Å². The van der Waals surface area contributed by atoms with E-state index in [4.69, 9.17) is 4.99 Å². The molecule has 1 aromatic heterocycles. The first-order valence-electron chi connectivity index (χ1n) is 7.77. The second kappa shape index (κ2) is 6.92. The van der Waals surface area contributed by atoms with Crippen molar-refractivity contribution in [3.63, 3.8) is 0 Å². The van der Waals surface area contributed by atoms with Gasteiger partial charge in [0.25, 0.3) is 0 Å². The van der Waals surface area contributed by atoms with Crippen molar-refractivity contribution in [3.8, 4) is 0 Å². The Kier molecular flexibility index (Phi) is 4.73. The SMILES string of the molecule is CCNC(=NCc1ncc(C)s1)N1CCc2ccccc2C1. The van der Waals surface area contributed by atoms with Gasteiger partial charge in [0, 0.05) is 30.7 Å². The van der Waals surface area contributed by atoms with Gasteiger partial charge in [-0.2, -0.15) is 0 Å². The van der Waals surface area contributed by atoms with Gasteiger partial charge in [-0.3, -0.25) is 0 Å². The highest BCUT2D eigenvalue weighted by atomic mass is 32.1. The molecular formula is C17H22N4S. The normalized spacial score (nSPS) is 14.8. The van der Waals surface area contributed by atoms with Crippen LogP contribution in [0.1, 0.15) is 27.9 Å². The highest BCUT2D eigenvalue weighted by Crippen LogP contribution is 2.19. The molecule has 0 saturated heterocycles. The van der Waals surface area contributed by atoms with Crippen molar-refractivity contribution in [1.82, 2.24) is 15.2 Å². The standard InChI is InChI=1S/C17H22N4S/c1-3-18-17(20-11-16-19-10-13(2)22-16)21-9-8-14-6-4-5-7-15(14)12-21/h4-7,10H,3,8-9,11-12H2,1-2H3,(H,18,20). The Bertz CT molecular complexity index is 662. The zero-order valence-corrected chi connectivity index (χ0v) is 14.0. The van der Waals surface area contributed by atoms with Crippen LogP contribution < -0.4 is 5.32 Å². The molecule has 0 aliphatic carbocycles. The fourth-order valence-electron chi connectivity index (χ4n) is 2.72. The molecule has 22 heavy (non-hydrogen) atoms. The average molecular weight is 314 g/mol. The Balaban J connectivity index is 1.74. The summed E-state index contributed by atoms with van der Waals surface area (Å²) in [5.74, 6) is 0.991. The Morgan fingerprint density at radius 3 is 2.91 bits per heavy atom. The second-order valence-corrected chi connectivity index (χ2v) is 6.79. The summed E-state index contributed by atoms with van der Waals surface area (Å²) >= 11 is 1.72. The molecule has 0 atom stereocenters. The van der Waals surface area contributed by atoms with E-state index in [1.807, 2.05) is 6.20 Å². The van der Waals surface area contributed by atoms with E-state index in [0.717, 1.165) is 37.0 Å². The summed E-state index contributed by atoms with van der Waals surface area (Å²) in [7, 11) is 0. The van der Waals surface area contributed by atoms with Crippen LogP contribution >= 0.6 is 11.3 Å². The number of aromatic nitrogens is 1. The minimum Gasteiger partial charge on any atom is -0.356 e. The van der Waals surface area contributed by atoms with Crippen molar-refractivity contribution in [2.45, 2.75) is 33.4 Å². The number of rotatable bonds is 3. The highest BCUT2D eigenvalue weighted by molar-refractivity contribution is 7.11. The van der Waals surface area contributed by atoms with Gasteiger partial charge in [0.1, 0.15) is 5.01 Å². The van der Waals surface area contributed by atoms with Gasteiger partial charge < -0.3 is 10.2 Å². The van der Waals surface area contributed by atoms with Crippen LogP contribution in [-0.4, -0.2) is 28.9 Å². The first kappa shape index (κ1) is 15.0. The summed E-state index contributed by atoms with van der Waals surface area (Å²) in [4.78, 5) is 12.7. The predicted octanol–water partition coefficient (Wildman–Crippen LogP) is 2.98. The lowest BCUT2D eigenvalue weighted by molar-refractivity contribution is 0.378. The molecule has 0 radical (unpaired) electrons. The van der Waals surface area contributed by atoms with Crippen LogP contribution in [0.5, 0.6) is 0 Å². The van der Waals surface area contributed by atoms with Crippen molar-refractivity contribution in [2.24, 2.45) is 4.99 Å². The number of fused-ring (bicyclic) bond motifs is 1. The largest absolute Gasteiger partial charge is 0.356 e. The number of nitrogens with zero attached hydrogens (tertiary/aromatic N) is 3. The van der Waals surface area contributed by atoms with Crippen LogP contribution in [-0.2, 0) is 19.5 Å². The molecule has 0 amide bonds. The molecule has 0 unspecified atom stereocenters. The fourth-order valence-corrected chi connectivity index (χ4v) is 3.43. The molecular weight excluding hydrogens is 292 g/mol. The number of thiazole rings is 1.